The zero-order chi connectivity index (χ0) is 21.6. The minimum absolute atomic E-state index is 0.0301. The van der Waals surface area contributed by atoms with E-state index in [0.29, 0.717) is 32.5 Å². The van der Waals surface area contributed by atoms with Gasteiger partial charge in [-0.1, -0.05) is 48.0 Å². The Morgan fingerprint density at radius 3 is 2.39 bits per heavy atom. The second-order valence-corrected chi connectivity index (χ2v) is 8.81. The van der Waals surface area contributed by atoms with Crippen molar-refractivity contribution in [2.24, 2.45) is 5.92 Å². The number of nitrogens with one attached hydrogen (secondary N) is 1. The average Bonchev–Trinajstić information content (AvgIpc) is 3.25. The number of amides is 2. The Balaban J connectivity index is 1.24. The molecule has 1 saturated carbocycles. The molecule has 0 aromatic heterocycles. The number of hydrogen-bond donors (Lipinski definition) is 1. The maximum absolute atomic E-state index is 12.9. The number of piperidine rings is 1. The highest BCUT2D eigenvalue weighted by atomic mass is 16.5. The van der Waals surface area contributed by atoms with E-state index in [1.165, 1.54) is 0 Å². The Labute approximate surface area is 184 Å². The first-order valence-corrected chi connectivity index (χ1v) is 11.4. The third kappa shape index (κ3) is 5.53. The maximum atomic E-state index is 12.9. The van der Waals surface area contributed by atoms with Crippen LogP contribution in [0, 0.1) is 12.8 Å². The van der Waals surface area contributed by atoms with Crippen LogP contribution in [0.2, 0.25) is 0 Å². The van der Waals surface area contributed by atoms with Gasteiger partial charge in [0.15, 0.2) is 0 Å². The molecular weight excluding hydrogens is 388 g/mol. The fourth-order valence-corrected chi connectivity index (χ4v) is 4.59. The van der Waals surface area contributed by atoms with Crippen molar-refractivity contribution in [3.63, 3.8) is 0 Å². The number of carbonyl (C=O) groups excluding carboxylic acids is 2. The molecule has 0 spiro atoms. The van der Waals surface area contributed by atoms with Gasteiger partial charge in [0.1, 0.15) is 0 Å². The Morgan fingerprint density at radius 2 is 1.68 bits per heavy atom. The highest BCUT2D eigenvalue weighted by molar-refractivity contribution is 5.94. The van der Waals surface area contributed by atoms with E-state index in [2.05, 4.69) is 17.4 Å². The number of benzene rings is 2. The molecule has 0 unspecified atom stereocenters. The highest BCUT2D eigenvalue weighted by Crippen LogP contribution is 2.25. The number of likely N-dealkylation sites (tertiary alicyclic amines) is 1. The third-order valence-corrected chi connectivity index (χ3v) is 6.54. The number of rotatable bonds is 6. The molecule has 164 valence electrons. The Kier molecular flexibility index (Phi) is 7.03. The van der Waals surface area contributed by atoms with Gasteiger partial charge >= 0.3 is 0 Å². The molecule has 1 aliphatic heterocycles. The van der Waals surface area contributed by atoms with Gasteiger partial charge in [0, 0.05) is 24.6 Å². The third-order valence-electron chi connectivity index (χ3n) is 6.54. The van der Waals surface area contributed by atoms with Crippen LogP contribution >= 0.6 is 0 Å². The van der Waals surface area contributed by atoms with Gasteiger partial charge in [-0.05, 0) is 56.7 Å². The first-order chi connectivity index (χ1) is 15.1. The largest absolute Gasteiger partial charge is 0.371 e. The van der Waals surface area contributed by atoms with Gasteiger partial charge in [0.2, 0.25) is 5.91 Å². The van der Waals surface area contributed by atoms with E-state index in [-0.39, 0.29) is 29.9 Å². The first kappa shape index (κ1) is 21.6. The Hall–Kier alpha value is -2.66. The average molecular weight is 421 g/mol. The minimum Gasteiger partial charge on any atom is -0.371 e. The van der Waals surface area contributed by atoms with Gasteiger partial charge < -0.3 is 15.0 Å². The molecule has 0 bridgehead atoms. The molecule has 2 fully saturated rings. The SMILES string of the molecule is Cc1ccc(C(=O)N2CCC(C(=O)N[C@@H]3CCC[C@H]3OCc3ccccc3)CC2)cc1. The van der Waals surface area contributed by atoms with Gasteiger partial charge in [0.25, 0.3) is 5.91 Å². The smallest absolute Gasteiger partial charge is 0.253 e. The molecule has 1 aliphatic carbocycles. The molecule has 5 heteroatoms. The van der Waals surface area contributed by atoms with E-state index in [9.17, 15) is 9.59 Å². The number of hydrogen-bond acceptors (Lipinski definition) is 3. The number of ether oxygens (including phenoxy) is 1. The maximum Gasteiger partial charge on any atom is 0.253 e. The molecule has 2 amide bonds. The molecule has 0 radical (unpaired) electrons. The summed E-state index contributed by atoms with van der Waals surface area (Å²) in [4.78, 5) is 27.5. The molecule has 2 aromatic carbocycles. The van der Waals surface area contributed by atoms with Crippen LogP contribution in [0.15, 0.2) is 54.6 Å². The van der Waals surface area contributed by atoms with E-state index in [1.54, 1.807) is 0 Å². The van der Waals surface area contributed by atoms with E-state index in [1.807, 2.05) is 54.3 Å². The zero-order valence-corrected chi connectivity index (χ0v) is 18.3. The molecule has 1 heterocycles. The zero-order valence-electron chi connectivity index (χ0n) is 18.3. The number of nitrogens with zero attached hydrogens (tertiary/aromatic N) is 1. The monoisotopic (exact) mass is 420 g/mol. The molecule has 5 nitrogen and oxygen atoms in total. The van der Waals surface area contributed by atoms with Crippen LogP contribution in [0.25, 0.3) is 0 Å². The van der Waals surface area contributed by atoms with Crippen molar-refractivity contribution < 1.29 is 14.3 Å². The molecule has 1 saturated heterocycles. The van der Waals surface area contributed by atoms with Crippen molar-refractivity contribution >= 4 is 11.8 Å². The summed E-state index contributed by atoms with van der Waals surface area (Å²) in [5.74, 6) is 0.143. The van der Waals surface area contributed by atoms with Gasteiger partial charge in [0.05, 0.1) is 18.8 Å². The second kappa shape index (κ2) is 10.1. The summed E-state index contributed by atoms with van der Waals surface area (Å²) >= 11 is 0. The summed E-state index contributed by atoms with van der Waals surface area (Å²) in [7, 11) is 0. The van der Waals surface area contributed by atoms with Crippen molar-refractivity contribution in [3.05, 3.63) is 71.3 Å². The normalized spacial score (nSPS) is 21.8. The topological polar surface area (TPSA) is 58.6 Å². The fraction of sp³-hybridized carbons (Fsp3) is 0.462. The second-order valence-electron chi connectivity index (χ2n) is 8.81. The van der Waals surface area contributed by atoms with Crippen LogP contribution in [-0.4, -0.2) is 41.9 Å². The van der Waals surface area contributed by atoms with Crippen molar-refractivity contribution in [1.29, 1.82) is 0 Å². The van der Waals surface area contributed by atoms with Crippen LogP contribution in [-0.2, 0) is 16.1 Å². The quantitative estimate of drug-likeness (QED) is 0.765. The molecule has 4 rings (SSSR count). The standard InChI is InChI=1S/C26H32N2O3/c1-19-10-12-22(13-11-19)26(30)28-16-14-21(15-17-28)25(29)27-23-8-5-9-24(23)31-18-20-6-3-2-4-7-20/h2-4,6-7,10-13,21,23-24H,5,8-9,14-18H2,1H3,(H,27,29)/t23-,24-/m1/s1. The predicted molar refractivity (Wildman–Crippen MR) is 121 cm³/mol. The van der Waals surface area contributed by atoms with Crippen molar-refractivity contribution in [3.8, 4) is 0 Å². The molecule has 2 aromatic rings. The minimum atomic E-state index is -0.0301. The highest BCUT2D eigenvalue weighted by Gasteiger charge is 2.33. The van der Waals surface area contributed by atoms with E-state index < -0.39 is 0 Å². The predicted octanol–water partition coefficient (Wildman–Crippen LogP) is 4.10. The Morgan fingerprint density at radius 1 is 0.968 bits per heavy atom. The fourth-order valence-electron chi connectivity index (χ4n) is 4.59. The van der Waals surface area contributed by atoms with Crippen LogP contribution in [0.1, 0.15) is 53.6 Å². The molecule has 2 aliphatic rings. The summed E-state index contributed by atoms with van der Waals surface area (Å²) in [6.45, 7) is 3.85. The molecule has 1 N–H and O–H groups in total. The van der Waals surface area contributed by atoms with Crippen molar-refractivity contribution in [1.82, 2.24) is 10.2 Å². The van der Waals surface area contributed by atoms with E-state index in [0.717, 1.165) is 36.0 Å². The van der Waals surface area contributed by atoms with Gasteiger partial charge in [-0.2, -0.15) is 0 Å². The van der Waals surface area contributed by atoms with Crippen molar-refractivity contribution in [2.75, 3.05) is 13.1 Å². The molecular formula is C26H32N2O3. The lowest BCUT2D eigenvalue weighted by Gasteiger charge is -2.32. The summed E-state index contributed by atoms with van der Waals surface area (Å²) in [5, 5.41) is 3.25. The van der Waals surface area contributed by atoms with Crippen LogP contribution < -0.4 is 5.32 Å². The van der Waals surface area contributed by atoms with Gasteiger partial charge in [-0.15, -0.1) is 0 Å². The molecule has 31 heavy (non-hydrogen) atoms. The number of aryl methyl sites for hydroxylation is 1. The van der Waals surface area contributed by atoms with Crippen LogP contribution in [0.4, 0.5) is 0 Å². The summed E-state index contributed by atoms with van der Waals surface area (Å²) in [6, 6.07) is 17.9. The van der Waals surface area contributed by atoms with E-state index >= 15 is 0 Å². The van der Waals surface area contributed by atoms with Crippen LogP contribution in [0.5, 0.6) is 0 Å². The summed E-state index contributed by atoms with van der Waals surface area (Å²) < 4.78 is 6.13. The van der Waals surface area contributed by atoms with Gasteiger partial charge in [-0.25, -0.2) is 0 Å². The first-order valence-electron chi connectivity index (χ1n) is 11.4. The molecule has 2 atom stereocenters. The summed E-state index contributed by atoms with van der Waals surface area (Å²) in [6.07, 6.45) is 4.54. The lowest BCUT2D eigenvalue weighted by Crippen LogP contribution is -2.47. The summed E-state index contributed by atoms with van der Waals surface area (Å²) in [5.41, 5.74) is 3.02. The Bertz CT molecular complexity index is 873. The van der Waals surface area contributed by atoms with E-state index in [4.69, 9.17) is 4.74 Å². The number of carbonyl (C=O) groups is 2. The lowest BCUT2D eigenvalue weighted by molar-refractivity contribution is -0.128. The lowest BCUT2D eigenvalue weighted by atomic mass is 9.94. The van der Waals surface area contributed by atoms with Gasteiger partial charge in [-0.3, -0.25) is 9.59 Å². The van der Waals surface area contributed by atoms with Crippen LogP contribution in [0.3, 0.4) is 0 Å². The van der Waals surface area contributed by atoms with Crippen molar-refractivity contribution in [2.45, 2.75) is 57.8 Å².